The van der Waals surface area contributed by atoms with Crippen molar-refractivity contribution in [3.05, 3.63) is 75.7 Å². The van der Waals surface area contributed by atoms with Crippen molar-refractivity contribution in [3.8, 4) is 5.75 Å². The molecule has 8 heteroatoms. The SMILES string of the molecule is CC[C@H](C)c1ccccc1NC(=O)COC(=O)c1c(NC(=O)c2ccc(OC)cc2)sc2c1CCCC2. The highest BCUT2D eigenvalue weighted by molar-refractivity contribution is 7.17. The Labute approximate surface area is 221 Å². The number of thiophene rings is 1. The summed E-state index contributed by atoms with van der Waals surface area (Å²) >= 11 is 1.41. The number of para-hydroxylation sites is 1. The number of benzene rings is 2. The normalized spacial score (nSPS) is 13.3. The molecule has 0 fully saturated rings. The zero-order valence-electron chi connectivity index (χ0n) is 21.4. The van der Waals surface area contributed by atoms with Gasteiger partial charge < -0.3 is 20.1 Å². The Kier molecular flexibility index (Phi) is 8.61. The lowest BCUT2D eigenvalue weighted by Crippen LogP contribution is -2.23. The van der Waals surface area contributed by atoms with Gasteiger partial charge in [0.05, 0.1) is 12.7 Å². The minimum Gasteiger partial charge on any atom is -0.497 e. The lowest BCUT2D eigenvalue weighted by atomic mass is 9.95. The minimum atomic E-state index is -0.602. The quantitative estimate of drug-likeness (QED) is 0.328. The number of fused-ring (bicyclic) bond motifs is 1. The molecule has 4 rings (SSSR count). The molecule has 0 spiro atoms. The van der Waals surface area contributed by atoms with Gasteiger partial charge in [0.15, 0.2) is 6.61 Å². The molecule has 7 nitrogen and oxygen atoms in total. The second-order valence-electron chi connectivity index (χ2n) is 9.12. The molecule has 1 atom stereocenters. The van der Waals surface area contributed by atoms with Crippen molar-refractivity contribution in [1.29, 1.82) is 0 Å². The predicted octanol–water partition coefficient (Wildman–Crippen LogP) is 6.20. The molecule has 1 aromatic heterocycles. The van der Waals surface area contributed by atoms with Gasteiger partial charge in [-0.1, -0.05) is 32.0 Å². The molecule has 3 aromatic rings. The highest BCUT2D eigenvalue weighted by atomic mass is 32.1. The van der Waals surface area contributed by atoms with E-state index in [0.29, 0.717) is 21.9 Å². The first kappa shape index (κ1) is 26.4. The van der Waals surface area contributed by atoms with Crippen LogP contribution in [0.15, 0.2) is 48.5 Å². The van der Waals surface area contributed by atoms with Gasteiger partial charge in [0.25, 0.3) is 11.8 Å². The molecule has 2 aromatic carbocycles. The molecule has 0 aliphatic heterocycles. The average Bonchev–Trinajstić information content (AvgIpc) is 3.29. The maximum Gasteiger partial charge on any atom is 0.341 e. The third-order valence-corrected chi connectivity index (χ3v) is 7.87. The minimum absolute atomic E-state index is 0.285. The smallest absolute Gasteiger partial charge is 0.341 e. The van der Waals surface area contributed by atoms with E-state index in [9.17, 15) is 14.4 Å². The fourth-order valence-corrected chi connectivity index (χ4v) is 5.71. The Morgan fingerprint density at radius 2 is 1.73 bits per heavy atom. The van der Waals surface area contributed by atoms with Crippen LogP contribution in [0.2, 0.25) is 0 Å². The third kappa shape index (κ3) is 6.20. The summed E-state index contributed by atoms with van der Waals surface area (Å²) in [6.07, 6.45) is 4.53. The maximum atomic E-state index is 13.2. The van der Waals surface area contributed by atoms with Crippen LogP contribution in [-0.2, 0) is 22.4 Å². The Morgan fingerprint density at radius 1 is 1.00 bits per heavy atom. The van der Waals surface area contributed by atoms with E-state index in [4.69, 9.17) is 9.47 Å². The molecule has 1 aliphatic rings. The first-order chi connectivity index (χ1) is 17.9. The first-order valence-corrected chi connectivity index (χ1v) is 13.4. The lowest BCUT2D eigenvalue weighted by molar-refractivity contribution is -0.119. The van der Waals surface area contributed by atoms with E-state index in [-0.39, 0.29) is 11.8 Å². The van der Waals surface area contributed by atoms with E-state index in [1.54, 1.807) is 31.4 Å². The van der Waals surface area contributed by atoms with Crippen molar-refractivity contribution < 1.29 is 23.9 Å². The molecule has 2 amide bonds. The molecule has 1 heterocycles. The van der Waals surface area contributed by atoms with Crippen molar-refractivity contribution >= 4 is 39.8 Å². The topological polar surface area (TPSA) is 93.7 Å². The van der Waals surface area contributed by atoms with Crippen LogP contribution in [0, 0.1) is 0 Å². The molecule has 1 aliphatic carbocycles. The number of anilines is 2. The largest absolute Gasteiger partial charge is 0.497 e. The van der Waals surface area contributed by atoms with Crippen molar-refractivity contribution in [3.63, 3.8) is 0 Å². The molecule has 37 heavy (non-hydrogen) atoms. The van der Waals surface area contributed by atoms with Crippen molar-refractivity contribution in [2.75, 3.05) is 24.4 Å². The zero-order valence-corrected chi connectivity index (χ0v) is 22.2. The second kappa shape index (κ2) is 12.1. The van der Waals surface area contributed by atoms with Gasteiger partial charge in [-0.15, -0.1) is 11.3 Å². The van der Waals surface area contributed by atoms with Crippen LogP contribution in [0.1, 0.15) is 75.7 Å². The molecule has 0 saturated carbocycles. The van der Waals surface area contributed by atoms with E-state index < -0.39 is 18.5 Å². The molecular weight excluding hydrogens is 488 g/mol. The number of methoxy groups -OCH3 is 1. The van der Waals surface area contributed by atoms with Gasteiger partial charge in [-0.2, -0.15) is 0 Å². The number of rotatable bonds is 9. The van der Waals surface area contributed by atoms with Crippen LogP contribution in [0.4, 0.5) is 10.7 Å². The molecule has 0 saturated heterocycles. The van der Waals surface area contributed by atoms with Crippen LogP contribution in [0.25, 0.3) is 0 Å². The van der Waals surface area contributed by atoms with Gasteiger partial charge >= 0.3 is 5.97 Å². The van der Waals surface area contributed by atoms with Crippen LogP contribution >= 0.6 is 11.3 Å². The summed E-state index contributed by atoms with van der Waals surface area (Å²) in [4.78, 5) is 39.9. The first-order valence-electron chi connectivity index (χ1n) is 12.6. The number of carbonyl (C=O) groups excluding carboxylic acids is 3. The van der Waals surface area contributed by atoms with Gasteiger partial charge in [0.1, 0.15) is 10.8 Å². The van der Waals surface area contributed by atoms with E-state index >= 15 is 0 Å². The summed E-state index contributed by atoms with van der Waals surface area (Å²) in [5.41, 5.74) is 3.48. The number of hydrogen-bond acceptors (Lipinski definition) is 6. The number of nitrogens with one attached hydrogen (secondary N) is 2. The number of esters is 1. The van der Waals surface area contributed by atoms with Crippen molar-refractivity contribution in [2.45, 2.75) is 51.9 Å². The fraction of sp³-hybridized carbons (Fsp3) is 0.345. The Morgan fingerprint density at radius 3 is 2.46 bits per heavy atom. The summed E-state index contributed by atoms with van der Waals surface area (Å²) < 4.78 is 10.6. The average molecular weight is 521 g/mol. The van der Waals surface area contributed by atoms with Crippen molar-refractivity contribution in [1.82, 2.24) is 0 Å². The van der Waals surface area contributed by atoms with Crippen LogP contribution < -0.4 is 15.4 Å². The van der Waals surface area contributed by atoms with E-state index in [2.05, 4.69) is 24.5 Å². The van der Waals surface area contributed by atoms with Gasteiger partial charge in [-0.3, -0.25) is 9.59 Å². The fourth-order valence-electron chi connectivity index (χ4n) is 4.44. The molecule has 2 N–H and O–H groups in total. The van der Waals surface area contributed by atoms with E-state index in [1.807, 2.05) is 24.3 Å². The number of amides is 2. The summed E-state index contributed by atoms with van der Waals surface area (Å²) in [5, 5.41) is 6.23. The van der Waals surface area contributed by atoms with Crippen LogP contribution in [0.3, 0.4) is 0 Å². The summed E-state index contributed by atoms with van der Waals surface area (Å²) in [5.74, 6) is -0.396. The van der Waals surface area contributed by atoms with E-state index in [0.717, 1.165) is 53.8 Å². The van der Waals surface area contributed by atoms with Crippen molar-refractivity contribution in [2.24, 2.45) is 0 Å². The highest BCUT2D eigenvalue weighted by Crippen LogP contribution is 2.39. The summed E-state index contributed by atoms with van der Waals surface area (Å²) in [7, 11) is 1.56. The number of aryl methyl sites for hydroxylation is 1. The maximum absolute atomic E-state index is 13.2. The number of carbonyl (C=O) groups is 3. The van der Waals surface area contributed by atoms with Gasteiger partial charge in [-0.05, 0) is 79.5 Å². The molecule has 0 bridgehead atoms. The Bertz CT molecular complexity index is 1280. The highest BCUT2D eigenvalue weighted by Gasteiger charge is 2.28. The summed E-state index contributed by atoms with van der Waals surface area (Å²) in [6.45, 7) is 3.79. The molecular formula is C29H32N2O5S. The van der Waals surface area contributed by atoms with Gasteiger partial charge in [-0.25, -0.2) is 4.79 Å². The second-order valence-corrected chi connectivity index (χ2v) is 10.2. The van der Waals surface area contributed by atoms with E-state index in [1.165, 1.54) is 11.3 Å². The number of ether oxygens (including phenoxy) is 2. The lowest BCUT2D eigenvalue weighted by Gasteiger charge is -2.16. The molecule has 194 valence electrons. The zero-order chi connectivity index (χ0) is 26.4. The van der Waals surface area contributed by atoms with Gasteiger partial charge in [0, 0.05) is 16.1 Å². The Balaban J connectivity index is 1.48. The van der Waals surface area contributed by atoms with Crippen LogP contribution in [0.5, 0.6) is 5.75 Å². The predicted molar refractivity (Wildman–Crippen MR) is 146 cm³/mol. The Hall–Kier alpha value is -3.65. The standard InChI is InChI=1S/C29H32N2O5S/c1-4-18(2)21-9-5-7-11-23(21)30-25(32)17-36-29(34)26-22-10-6-8-12-24(22)37-28(26)31-27(33)19-13-15-20(35-3)16-14-19/h5,7,9,11,13-16,18H,4,6,8,10,12,17H2,1-3H3,(H,30,32)(H,31,33)/t18-/m0/s1. The number of hydrogen-bond donors (Lipinski definition) is 2. The molecule has 0 radical (unpaired) electrons. The monoisotopic (exact) mass is 520 g/mol. The molecule has 0 unspecified atom stereocenters. The van der Waals surface area contributed by atoms with Gasteiger partial charge in [0.2, 0.25) is 0 Å². The van der Waals surface area contributed by atoms with Crippen LogP contribution in [-0.4, -0.2) is 31.5 Å². The summed E-state index contributed by atoms with van der Waals surface area (Å²) in [6, 6.07) is 14.4. The third-order valence-electron chi connectivity index (χ3n) is 6.67.